The van der Waals surface area contributed by atoms with Crippen LogP contribution in [-0.2, 0) is 6.54 Å². The maximum absolute atomic E-state index is 12.3. The van der Waals surface area contributed by atoms with Crippen LogP contribution in [0, 0.1) is 6.92 Å². The predicted molar refractivity (Wildman–Crippen MR) is 86.5 cm³/mol. The van der Waals surface area contributed by atoms with Crippen molar-refractivity contribution in [2.24, 2.45) is 0 Å². The predicted octanol–water partition coefficient (Wildman–Crippen LogP) is 2.55. The van der Waals surface area contributed by atoms with Crippen LogP contribution < -0.4 is 5.32 Å². The molecule has 1 heterocycles. The van der Waals surface area contributed by atoms with Gasteiger partial charge in [0.1, 0.15) is 0 Å². The van der Waals surface area contributed by atoms with E-state index in [4.69, 9.17) is 11.6 Å². The van der Waals surface area contributed by atoms with Gasteiger partial charge in [-0.15, -0.1) is 5.10 Å². The maximum atomic E-state index is 12.3. The van der Waals surface area contributed by atoms with E-state index in [9.17, 15) is 4.79 Å². The van der Waals surface area contributed by atoms with Gasteiger partial charge in [-0.3, -0.25) is 4.79 Å². The number of nitrogens with zero attached hydrogens (tertiary/aromatic N) is 4. The molecule has 1 N–H and O–H groups in total. The molecule has 3 aromatic rings. The minimum absolute atomic E-state index is 0.169. The first-order chi connectivity index (χ1) is 11.1. The summed E-state index contributed by atoms with van der Waals surface area (Å²) in [6.07, 6.45) is 0. The topological polar surface area (TPSA) is 72.7 Å². The number of halogens is 1. The van der Waals surface area contributed by atoms with Crippen molar-refractivity contribution in [1.29, 1.82) is 0 Å². The average Bonchev–Trinajstić information content (AvgIpc) is 2.99. The molecule has 0 saturated heterocycles. The molecule has 7 heteroatoms. The minimum Gasteiger partial charge on any atom is -0.348 e. The molecule has 23 heavy (non-hydrogen) atoms. The standard InChI is InChI=1S/C16H14ClN5O/c1-11-19-20-21-22(11)15-7-3-5-13(9-15)16(23)18-10-12-4-2-6-14(17)8-12/h2-9H,10H2,1H3,(H,18,23). The summed E-state index contributed by atoms with van der Waals surface area (Å²) in [5.74, 6) is 0.485. The Morgan fingerprint density at radius 2 is 2.04 bits per heavy atom. The zero-order chi connectivity index (χ0) is 16.2. The average molecular weight is 328 g/mol. The fraction of sp³-hybridized carbons (Fsp3) is 0.125. The molecule has 1 amide bonds. The number of rotatable bonds is 4. The van der Waals surface area contributed by atoms with E-state index in [2.05, 4.69) is 20.8 Å². The lowest BCUT2D eigenvalue weighted by molar-refractivity contribution is 0.0951. The van der Waals surface area contributed by atoms with Gasteiger partial charge in [0.2, 0.25) is 0 Å². The van der Waals surface area contributed by atoms with Crippen LogP contribution in [0.5, 0.6) is 0 Å². The second-order valence-corrected chi connectivity index (χ2v) is 5.44. The SMILES string of the molecule is Cc1nnnn1-c1cccc(C(=O)NCc2cccc(Cl)c2)c1. The minimum atomic E-state index is -0.169. The van der Waals surface area contributed by atoms with Gasteiger partial charge >= 0.3 is 0 Å². The lowest BCUT2D eigenvalue weighted by Crippen LogP contribution is -2.23. The Bertz CT molecular complexity index is 846. The molecule has 0 fully saturated rings. The molecule has 2 aromatic carbocycles. The van der Waals surface area contributed by atoms with E-state index in [1.165, 1.54) is 0 Å². The number of tetrazole rings is 1. The van der Waals surface area contributed by atoms with E-state index in [0.717, 1.165) is 11.3 Å². The molecule has 0 spiro atoms. The molecule has 0 saturated carbocycles. The van der Waals surface area contributed by atoms with E-state index in [-0.39, 0.29) is 5.91 Å². The van der Waals surface area contributed by atoms with Crippen LogP contribution in [0.1, 0.15) is 21.7 Å². The van der Waals surface area contributed by atoms with Crippen molar-refractivity contribution in [3.05, 3.63) is 70.5 Å². The number of aryl methyl sites for hydroxylation is 1. The Hall–Kier alpha value is -2.73. The third kappa shape index (κ3) is 3.54. The molecule has 3 rings (SSSR count). The number of aromatic nitrogens is 4. The van der Waals surface area contributed by atoms with Crippen LogP contribution >= 0.6 is 11.6 Å². The Labute approximate surface area is 138 Å². The largest absolute Gasteiger partial charge is 0.348 e. The normalized spacial score (nSPS) is 10.5. The molecular weight excluding hydrogens is 314 g/mol. The van der Waals surface area contributed by atoms with E-state index in [1.807, 2.05) is 24.3 Å². The summed E-state index contributed by atoms with van der Waals surface area (Å²) in [5.41, 5.74) is 2.22. The first-order valence-electron chi connectivity index (χ1n) is 7.01. The van der Waals surface area contributed by atoms with Crippen LogP contribution in [0.2, 0.25) is 5.02 Å². The van der Waals surface area contributed by atoms with Gasteiger partial charge in [0, 0.05) is 17.1 Å². The van der Waals surface area contributed by atoms with Crippen molar-refractivity contribution in [2.45, 2.75) is 13.5 Å². The van der Waals surface area contributed by atoms with E-state index >= 15 is 0 Å². The van der Waals surface area contributed by atoms with Crippen molar-refractivity contribution in [1.82, 2.24) is 25.5 Å². The summed E-state index contributed by atoms with van der Waals surface area (Å²) < 4.78 is 1.58. The second kappa shape index (κ2) is 6.58. The first-order valence-corrected chi connectivity index (χ1v) is 7.39. The summed E-state index contributed by atoms with van der Waals surface area (Å²) >= 11 is 5.94. The molecular formula is C16H14ClN5O. The van der Waals surface area contributed by atoms with Crippen LogP contribution in [0.4, 0.5) is 0 Å². The Morgan fingerprint density at radius 1 is 1.22 bits per heavy atom. The molecule has 0 aliphatic carbocycles. The number of amides is 1. The lowest BCUT2D eigenvalue weighted by Gasteiger charge is -2.08. The molecule has 0 atom stereocenters. The summed E-state index contributed by atoms with van der Waals surface area (Å²) in [7, 11) is 0. The number of hydrogen-bond donors (Lipinski definition) is 1. The van der Waals surface area contributed by atoms with Gasteiger partial charge in [-0.2, -0.15) is 4.68 Å². The van der Waals surface area contributed by atoms with Gasteiger partial charge in [0.15, 0.2) is 5.82 Å². The number of benzene rings is 2. The molecule has 0 unspecified atom stereocenters. The van der Waals surface area contributed by atoms with Crippen molar-refractivity contribution in [3.63, 3.8) is 0 Å². The van der Waals surface area contributed by atoms with Crippen molar-refractivity contribution < 1.29 is 4.79 Å². The highest BCUT2D eigenvalue weighted by Gasteiger charge is 2.09. The van der Waals surface area contributed by atoms with Crippen molar-refractivity contribution in [3.8, 4) is 5.69 Å². The van der Waals surface area contributed by atoms with Crippen LogP contribution in [-0.4, -0.2) is 26.1 Å². The van der Waals surface area contributed by atoms with Crippen LogP contribution in [0.15, 0.2) is 48.5 Å². The molecule has 0 aliphatic heterocycles. The quantitative estimate of drug-likeness (QED) is 0.799. The van der Waals surface area contributed by atoms with Gasteiger partial charge in [-0.1, -0.05) is 29.8 Å². The maximum Gasteiger partial charge on any atom is 0.251 e. The van der Waals surface area contributed by atoms with E-state index in [0.29, 0.717) is 23.0 Å². The first kappa shape index (κ1) is 15.2. The zero-order valence-electron chi connectivity index (χ0n) is 12.4. The van der Waals surface area contributed by atoms with Gasteiger partial charge in [0.25, 0.3) is 5.91 Å². The van der Waals surface area contributed by atoms with Gasteiger partial charge in [0.05, 0.1) is 5.69 Å². The highest BCUT2D eigenvalue weighted by atomic mass is 35.5. The van der Waals surface area contributed by atoms with E-state index in [1.54, 1.807) is 35.9 Å². The Kier molecular flexibility index (Phi) is 4.34. The summed E-state index contributed by atoms with van der Waals surface area (Å²) in [4.78, 5) is 12.3. The summed E-state index contributed by atoms with van der Waals surface area (Å²) in [5, 5.41) is 14.9. The Balaban J connectivity index is 1.74. The number of carbonyl (C=O) groups excluding carboxylic acids is 1. The molecule has 0 radical (unpaired) electrons. The highest BCUT2D eigenvalue weighted by Crippen LogP contribution is 2.12. The monoisotopic (exact) mass is 327 g/mol. The Morgan fingerprint density at radius 3 is 2.78 bits per heavy atom. The van der Waals surface area contributed by atoms with Gasteiger partial charge in [-0.05, 0) is 53.2 Å². The number of carbonyl (C=O) groups is 1. The van der Waals surface area contributed by atoms with Gasteiger partial charge in [-0.25, -0.2) is 0 Å². The third-order valence-electron chi connectivity index (χ3n) is 3.32. The molecule has 6 nitrogen and oxygen atoms in total. The van der Waals surface area contributed by atoms with Crippen LogP contribution in [0.3, 0.4) is 0 Å². The smallest absolute Gasteiger partial charge is 0.251 e. The highest BCUT2D eigenvalue weighted by molar-refractivity contribution is 6.30. The van der Waals surface area contributed by atoms with E-state index < -0.39 is 0 Å². The summed E-state index contributed by atoms with van der Waals surface area (Å²) in [6, 6.07) is 14.5. The molecule has 0 aliphatic rings. The number of nitrogens with one attached hydrogen (secondary N) is 1. The number of hydrogen-bond acceptors (Lipinski definition) is 4. The van der Waals surface area contributed by atoms with Crippen molar-refractivity contribution >= 4 is 17.5 Å². The molecule has 1 aromatic heterocycles. The molecule has 116 valence electrons. The van der Waals surface area contributed by atoms with Gasteiger partial charge < -0.3 is 5.32 Å². The third-order valence-corrected chi connectivity index (χ3v) is 3.56. The summed E-state index contributed by atoms with van der Waals surface area (Å²) in [6.45, 7) is 2.21. The second-order valence-electron chi connectivity index (χ2n) is 5.00. The van der Waals surface area contributed by atoms with Crippen LogP contribution in [0.25, 0.3) is 5.69 Å². The fourth-order valence-corrected chi connectivity index (χ4v) is 2.39. The fourth-order valence-electron chi connectivity index (χ4n) is 2.18. The molecule has 0 bridgehead atoms. The zero-order valence-corrected chi connectivity index (χ0v) is 13.2. The van der Waals surface area contributed by atoms with Crippen molar-refractivity contribution in [2.75, 3.05) is 0 Å². The lowest BCUT2D eigenvalue weighted by atomic mass is 10.1.